The van der Waals surface area contributed by atoms with Crippen LogP contribution in [0.1, 0.15) is 19.3 Å². The van der Waals surface area contributed by atoms with E-state index in [2.05, 4.69) is 14.9 Å². The molecule has 0 atom stereocenters. The Bertz CT molecular complexity index is 427. The zero-order valence-electron chi connectivity index (χ0n) is 10.6. The number of aromatic amines is 1. The number of aromatic nitrogens is 2. The number of methoxy groups -OCH3 is 1. The summed E-state index contributed by atoms with van der Waals surface area (Å²) in [5, 5.41) is 0. The Morgan fingerprint density at radius 2 is 2.17 bits per heavy atom. The smallest absolute Gasteiger partial charge is 0.297 e. The van der Waals surface area contributed by atoms with Crippen molar-refractivity contribution in [2.75, 3.05) is 33.4 Å². The van der Waals surface area contributed by atoms with Crippen LogP contribution >= 0.6 is 0 Å². The van der Waals surface area contributed by atoms with Gasteiger partial charge in [0.2, 0.25) is 5.75 Å². The van der Waals surface area contributed by atoms with Crippen LogP contribution in [-0.2, 0) is 0 Å². The van der Waals surface area contributed by atoms with Gasteiger partial charge in [-0.05, 0) is 25.9 Å². The van der Waals surface area contributed by atoms with Crippen LogP contribution < -0.4 is 15.0 Å². The second-order valence-electron chi connectivity index (χ2n) is 4.32. The van der Waals surface area contributed by atoms with Crippen LogP contribution in [0.4, 0.5) is 0 Å². The maximum atomic E-state index is 11.4. The van der Waals surface area contributed by atoms with Gasteiger partial charge in [0.15, 0.2) is 0 Å². The van der Waals surface area contributed by atoms with Crippen LogP contribution in [0.5, 0.6) is 11.6 Å². The average Bonchev–Trinajstić information content (AvgIpc) is 2.40. The minimum Gasteiger partial charge on any atom is -0.487 e. The Morgan fingerprint density at radius 1 is 1.39 bits per heavy atom. The van der Waals surface area contributed by atoms with Crippen LogP contribution in [0, 0.1) is 0 Å². The number of hydrogen-bond donors (Lipinski definition) is 1. The second kappa shape index (κ2) is 6.39. The molecule has 1 fully saturated rings. The summed E-state index contributed by atoms with van der Waals surface area (Å²) in [6.45, 7) is 3.64. The molecule has 1 aliphatic heterocycles. The molecule has 1 saturated heterocycles. The van der Waals surface area contributed by atoms with Crippen LogP contribution in [0.15, 0.2) is 11.1 Å². The molecule has 0 aromatic carbocycles. The molecule has 2 heterocycles. The first kappa shape index (κ1) is 12.9. The number of hydrogen-bond acceptors (Lipinski definition) is 5. The van der Waals surface area contributed by atoms with Crippen molar-refractivity contribution in [2.24, 2.45) is 0 Å². The van der Waals surface area contributed by atoms with E-state index in [1.165, 1.54) is 32.7 Å². The van der Waals surface area contributed by atoms with Gasteiger partial charge in [-0.25, -0.2) is 4.98 Å². The molecule has 0 radical (unpaired) electrons. The van der Waals surface area contributed by atoms with Gasteiger partial charge in [-0.15, -0.1) is 0 Å². The largest absolute Gasteiger partial charge is 0.487 e. The number of likely N-dealkylation sites (tertiary alicyclic amines) is 1. The van der Waals surface area contributed by atoms with E-state index in [0.717, 1.165) is 19.6 Å². The molecule has 0 unspecified atom stereocenters. The predicted molar refractivity (Wildman–Crippen MR) is 67.2 cm³/mol. The normalized spacial score (nSPS) is 16.5. The number of nitrogens with one attached hydrogen (secondary N) is 1. The van der Waals surface area contributed by atoms with Crippen molar-refractivity contribution >= 4 is 0 Å². The summed E-state index contributed by atoms with van der Waals surface area (Å²) in [5.41, 5.74) is -0.319. The van der Waals surface area contributed by atoms with E-state index in [1.54, 1.807) is 0 Å². The topological polar surface area (TPSA) is 67.5 Å². The molecule has 0 bridgehead atoms. The molecule has 6 nitrogen and oxygen atoms in total. The molecule has 0 aliphatic carbocycles. The Hall–Kier alpha value is -1.56. The van der Waals surface area contributed by atoms with Gasteiger partial charge in [0, 0.05) is 6.54 Å². The van der Waals surface area contributed by atoms with E-state index in [0.29, 0.717) is 6.61 Å². The lowest BCUT2D eigenvalue weighted by Gasteiger charge is -2.26. The number of H-pyrrole nitrogens is 1. The average molecular weight is 253 g/mol. The van der Waals surface area contributed by atoms with Crippen LogP contribution in [0.25, 0.3) is 0 Å². The van der Waals surface area contributed by atoms with Gasteiger partial charge in [0.25, 0.3) is 11.4 Å². The molecule has 1 N–H and O–H groups in total. The summed E-state index contributed by atoms with van der Waals surface area (Å²) in [4.78, 5) is 20.2. The lowest BCUT2D eigenvalue weighted by Crippen LogP contribution is -2.33. The second-order valence-corrected chi connectivity index (χ2v) is 4.32. The van der Waals surface area contributed by atoms with Crippen molar-refractivity contribution in [1.82, 2.24) is 14.9 Å². The van der Waals surface area contributed by atoms with Crippen molar-refractivity contribution in [3.63, 3.8) is 0 Å². The molecule has 0 saturated carbocycles. The van der Waals surface area contributed by atoms with Gasteiger partial charge in [-0.1, -0.05) is 6.42 Å². The number of nitrogens with zero attached hydrogens (tertiary/aromatic N) is 2. The minimum absolute atomic E-state index is 0.135. The van der Waals surface area contributed by atoms with E-state index in [1.807, 2.05) is 0 Å². The highest BCUT2D eigenvalue weighted by Gasteiger charge is 2.12. The first-order valence-corrected chi connectivity index (χ1v) is 6.28. The highest BCUT2D eigenvalue weighted by molar-refractivity contribution is 5.29. The molecule has 100 valence electrons. The fraction of sp³-hybridized carbons (Fsp3) is 0.667. The molecule has 1 aromatic rings. The molecule has 0 spiro atoms. The lowest BCUT2D eigenvalue weighted by molar-refractivity contribution is 0.177. The monoisotopic (exact) mass is 253 g/mol. The summed E-state index contributed by atoms with van der Waals surface area (Å²) >= 11 is 0. The van der Waals surface area contributed by atoms with Crippen molar-refractivity contribution in [3.8, 4) is 11.6 Å². The molecule has 1 aliphatic rings. The van der Waals surface area contributed by atoms with Gasteiger partial charge in [-0.3, -0.25) is 9.69 Å². The first-order chi connectivity index (χ1) is 8.81. The summed E-state index contributed by atoms with van der Waals surface area (Å²) in [5.74, 6) is 0.398. The Balaban J connectivity index is 1.86. The summed E-state index contributed by atoms with van der Waals surface area (Å²) in [6.07, 6.45) is 5.15. The lowest BCUT2D eigenvalue weighted by atomic mass is 10.1. The van der Waals surface area contributed by atoms with Crippen molar-refractivity contribution < 1.29 is 9.47 Å². The van der Waals surface area contributed by atoms with E-state index < -0.39 is 0 Å². The molecular formula is C12H19N3O3. The van der Waals surface area contributed by atoms with Gasteiger partial charge in [0.05, 0.1) is 13.4 Å². The van der Waals surface area contributed by atoms with E-state index in [4.69, 9.17) is 9.47 Å². The third kappa shape index (κ3) is 3.22. The van der Waals surface area contributed by atoms with E-state index in [9.17, 15) is 4.79 Å². The fourth-order valence-electron chi connectivity index (χ4n) is 2.11. The van der Waals surface area contributed by atoms with Gasteiger partial charge in [-0.2, -0.15) is 0 Å². The van der Waals surface area contributed by atoms with Crippen molar-refractivity contribution in [3.05, 3.63) is 16.7 Å². The van der Waals surface area contributed by atoms with Crippen LogP contribution in [0.3, 0.4) is 0 Å². The predicted octanol–water partition coefficient (Wildman–Crippen LogP) is 0.643. The maximum absolute atomic E-state index is 11.4. The molecule has 0 amide bonds. The molecular weight excluding hydrogens is 234 g/mol. The Labute approximate surface area is 106 Å². The Morgan fingerprint density at radius 3 is 2.89 bits per heavy atom. The van der Waals surface area contributed by atoms with Crippen LogP contribution in [0.2, 0.25) is 0 Å². The standard InChI is InChI=1S/C12H19N3O3/c1-17-10-11(16)13-9-14-12(10)18-8-7-15-5-3-2-4-6-15/h9H,2-8H2,1H3,(H,13,14,16). The fourth-order valence-corrected chi connectivity index (χ4v) is 2.11. The summed E-state index contributed by atoms with van der Waals surface area (Å²) < 4.78 is 10.5. The number of rotatable bonds is 5. The zero-order valence-corrected chi connectivity index (χ0v) is 10.6. The zero-order chi connectivity index (χ0) is 12.8. The van der Waals surface area contributed by atoms with Crippen LogP contribution in [-0.4, -0.2) is 48.2 Å². The van der Waals surface area contributed by atoms with Crippen molar-refractivity contribution in [2.45, 2.75) is 19.3 Å². The summed E-state index contributed by atoms with van der Waals surface area (Å²) in [6, 6.07) is 0. The third-order valence-electron chi connectivity index (χ3n) is 3.08. The SMILES string of the molecule is COc1c(OCCN2CCCCC2)nc[nH]c1=O. The maximum Gasteiger partial charge on any atom is 0.297 e. The highest BCUT2D eigenvalue weighted by atomic mass is 16.5. The van der Waals surface area contributed by atoms with Crippen molar-refractivity contribution in [1.29, 1.82) is 0 Å². The minimum atomic E-state index is -0.319. The first-order valence-electron chi connectivity index (χ1n) is 6.28. The molecule has 6 heteroatoms. The van der Waals surface area contributed by atoms with Gasteiger partial charge >= 0.3 is 0 Å². The Kier molecular flexibility index (Phi) is 4.58. The number of ether oxygens (including phenoxy) is 2. The van der Waals surface area contributed by atoms with Gasteiger partial charge in [0.1, 0.15) is 6.61 Å². The van der Waals surface area contributed by atoms with E-state index in [-0.39, 0.29) is 17.2 Å². The third-order valence-corrected chi connectivity index (χ3v) is 3.08. The molecule has 1 aromatic heterocycles. The quantitative estimate of drug-likeness (QED) is 0.834. The summed E-state index contributed by atoms with van der Waals surface area (Å²) in [7, 11) is 1.43. The van der Waals surface area contributed by atoms with E-state index >= 15 is 0 Å². The number of piperidine rings is 1. The molecule has 2 rings (SSSR count). The molecule has 18 heavy (non-hydrogen) atoms. The van der Waals surface area contributed by atoms with Gasteiger partial charge < -0.3 is 14.5 Å². The highest BCUT2D eigenvalue weighted by Crippen LogP contribution is 2.17.